The molecule has 3 aliphatic rings. The maximum Gasteiger partial charge on any atom is 0.224 e. The third-order valence-electron chi connectivity index (χ3n) is 4.90. The third-order valence-corrected chi connectivity index (χ3v) is 4.90. The van der Waals surface area contributed by atoms with Crippen LogP contribution in [0.4, 0.5) is 5.69 Å². The molecule has 4 rings (SSSR count). The van der Waals surface area contributed by atoms with Crippen molar-refractivity contribution in [3.63, 3.8) is 0 Å². The Balaban J connectivity index is 1.58. The van der Waals surface area contributed by atoms with E-state index in [2.05, 4.69) is 5.32 Å². The molecule has 19 heavy (non-hydrogen) atoms. The normalized spacial score (nSPS) is 31.4. The Bertz CT molecular complexity index is 568. The van der Waals surface area contributed by atoms with Crippen LogP contribution in [0.15, 0.2) is 18.2 Å². The van der Waals surface area contributed by atoms with E-state index in [0.717, 1.165) is 47.9 Å². The minimum Gasteiger partial charge on any atom is -0.326 e. The highest BCUT2D eigenvalue weighted by molar-refractivity contribution is 6.00. The molecule has 0 saturated heterocycles. The molecule has 2 atom stereocenters. The number of carbonyl (C=O) groups excluding carboxylic acids is 2. The number of rotatable bonds is 2. The minimum absolute atomic E-state index is 0.0717. The molecule has 1 aromatic carbocycles. The van der Waals surface area contributed by atoms with Crippen LogP contribution >= 0.6 is 0 Å². The van der Waals surface area contributed by atoms with Gasteiger partial charge in [0.15, 0.2) is 5.78 Å². The molecule has 1 N–H and O–H groups in total. The van der Waals surface area contributed by atoms with Crippen LogP contribution in [0.5, 0.6) is 0 Å². The van der Waals surface area contributed by atoms with Gasteiger partial charge in [-0.2, -0.15) is 0 Å². The smallest absolute Gasteiger partial charge is 0.224 e. The Morgan fingerprint density at radius 2 is 1.89 bits per heavy atom. The van der Waals surface area contributed by atoms with Crippen LogP contribution in [0.25, 0.3) is 0 Å². The maximum absolute atomic E-state index is 12.5. The van der Waals surface area contributed by atoms with Crippen molar-refractivity contribution in [3.8, 4) is 0 Å². The first-order valence-corrected chi connectivity index (χ1v) is 7.17. The number of amides is 1. The lowest BCUT2D eigenvalue weighted by Gasteiger charge is -2.18. The molecule has 1 heterocycles. The number of carbonyl (C=O) groups is 2. The lowest BCUT2D eigenvalue weighted by molar-refractivity contribution is -0.116. The number of hydrogen-bond donors (Lipinski definition) is 1. The number of benzene rings is 1. The Morgan fingerprint density at radius 3 is 2.68 bits per heavy atom. The van der Waals surface area contributed by atoms with E-state index in [9.17, 15) is 9.59 Å². The number of anilines is 1. The second-order valence-corrected chi connectivity index (χ2v) is 6.21. The maximum atomic E-state index is 12.5. The van der Waals surface area contributed by atoms with Crippen molar-refractivity contribution >= 4 is 17.4 Å². The molecule has 1 amide bonds. The van der Waals surface area contributed by atoms with Crippen LogP contribution in [-0.4, -0.2) is 11.7 Å². The lowest BCUT2D eigenvalue weighted by Crippen LogP contribution is -2.20. The number of hydrogen-bond acceptors (Lipinski definition) is 2. The molecule has 3 heteroatoms. The van der Waals surface area contributed by atoms with E-state index < -0.39 is 0 Å². The summed E-state index contributed by atoms with van der Waals surface area (Å²) in [4.78, 5) is 23.8. The van der Waals surface area contributed by atoms with Crippen molar-refractivity contribution < 1.29 is 9.59 Å². The van der Waals surface area contributed by atoms with Crippen molar-refractivity contribution in [1.29, 1.82) is 0 Å². The van der Waals surface area contributed by atoms with Gasteiger partial charge in [-0.05, 0) is 61.3 Å². The molecule has 2 saturated carbocycles. The van der Waals surface area contributed by atoms with Gasteiger partial charge in [0.1, 0.15) is 0 Å². The summed E-state index contributed by atoms with van der Waals surface area (Å²) in [6.07, 6.45) is 4.81. The van der Waals surface area contributed by atoms with E-state index in [4.69, 9.17) is 0 Å². The van der Waals surface area contributed by atoms with Crippen molar-refractivity contribution in [2.45, 2.75) is 32.1 Å². The van der Waals surface area contributed by atoms with Crippen LogP contribution < -0.4 is 5.32 Å². The summed E-state index contributed by atoms with van der Waals surface area (Å²) in [5.41, 5.74) is 2.82. The molecule has 2 fully saturated rings. The van der Waals surface area contributed by atoms with Crippen LogP contribution in [0.2, 0.25) is 0 Å². The minimum atomic E-state index is 0.0717. The Morgan fingerprint density at radius 1 is 1.11 bits per heavy atom. The second-order valence-electron chi connectivity index (χ2n) is 6.21. The molecular formula is C16H17NO2. The molecule has 1 aliphatic heterocycles. The average molecular weight is 255 g/mol. The van der Waals surface area contributed by atoms with Crippen LogP contribution in [-0.2, 0) is 11.2 Å². The van der Waals surface area contributed by atoms with Crippen molar-refractivity contribution in [3.05, 3.63) is 29.3 Å². The van der Waals surface area contributed by atoms with Crippen molar-refractivity contribution in [2.75, 3.05) is 5.32 Å². The van der Waals surface area contributed by atoms with Gasteiger partial charge < -0.3 is 5.32 Å². The first-order valence-electron chi connectivity index (χ1n) is 7.17. The zero-order valence-corrected chi connectivity index (χ0v) is 10.8. The van der Waals surface area contributed by atoms with E-state index in [1.807, 2.05) is 18.2 Å². The summed E-state index contributed by atoms with van der Waals surface area (Å²) in [6.45, 7) is 0. The molecular weight excluding hydrogens is 238 g/mol. The van der Waals surface area contributed by atoms with Gasteiger partial charge in [0.2, 0.25) is 5.91 Å². The van der Waals surface area contributed by atoms with Gasteiger partial charge in [0.05, 0.1) is 0 Å². The van der Waals surface area contributed by atoms with Gasteiger partial charge in [-0.25, -0.2) is 0 Å². The van der Waals surface area contributed by atoms with E-state index >= 15 is 0 Å². The van der Waals surface area contributed by atoms with E-state index in [0.29, 0.717) is 12.2 Å². The largest absolute Gasteiger partial charge is 0.326 e. The van der Waals surface area contributed by atoms with Gasteiger partial charge >= 0.3 is 0 Å². The molecule has 2 unspecified atom stereocenters. The SMILES string of the molecule is O=C1CCc2cc(C(=O)C3CC4CC4C3)ccc2N1. The molecule has 98 valence electrons. The Labute approximate surface area is 112 Å². The number of nitrogens with one attached hydrogen (secondary N) is 1. The summed E-state index contributed by atoms with van der Waals surface area (Å²) in [7, 11) is 0. The zero-order valence-electron chi connectivity index (χ0n) is 10.8. The van der Waals surface area contributed by atoms with E-state index in [-0.39, 0.29) is 11.8 Å². The Kier molecular flexibility index (Phi) is 2.32. The highest BCUT2D eigenvalue weighted by atomic mass is 16.1. The van der Waals surface area contributed by atoms with Gasteiger partial charge in [-0.1, -0.05) is 0 Å². The number of Topliss-reactive ketones (excluding diaryl/α,β-unsaturated/α-hetero) is 1. The first-order chi connectivity index (χ1) is 9.20. The fraction of sp³-hybridized carbons (Fsp3) is 0.500. The first kappa shape index (κ1) is 11.2. The molecule has 1 aromatic rings. The predicted molar refractivity (Wildman–Crippen MR) is 72.0 cm³/mol. The summed E-state index contributed by atoms with van der Waals surface area (Å²) in [5.74, 6) is 2.31. The molecule has 2 aliphatic carbocycles. The van der Waals surface area contributed by atoms with E-state index in [1.54, 1.807) is 0 Å². The predicted octanol–water partition coefficient (Wildman–Crippen LogP) is 2.80. The summed E-state index contributed by atoms with van der Waals surface area (Å²) in [5, 5.41) is 2.86. The number of fused-ring (bicyclic) bond motifs is 2. The quantitative estimate of drug-likeness (QED) is 0.826. The molecule has 0 aromatic heterocycles. The summed E-state index contributed by atoms with van der Waals surface area (Å²) < 4.78 is 0. The van der Waals surface area contributed by atoms with Crippen molar-refractivity contribution in [2.24, 2.45) is 17.8 Å². The Hall–Kier alpha value is -1.64. The van der Waals surface area contributed by atoms with Gasteiger partial charge in [-0.15, -0.1) is 0 Å². The van der Waals surface area contributed by atoms with Crippen LogP contribution in [0.1, 0.15) is 41.6 Å². The van der Waals surface area contributed by atoms with Crippen molar-refractivity contribution in [1.82, 2.24) is 0 Å². The third kappa shape index (κ3) is 1.88. The molecule has 0 spiro atoms. The highest BCUT2D eigenvalue weighted by Gasteiger charge is 2.48. The molecule has 0 radical (unpaired) electrons. The number of aryl methyl sites for hydroxylation is 1. The molecule has 3 nitrogen and oxygen atoms in total. The fourth-order valence-electron chi connectivity index (χ4n) is 3.70. The number of ketones is 1. The summed E-state index contributed by atoms with van der Waals surface area (Å²) >= 11 is 0. The highest BCUT2D eigenvalue weighted by Crippen LogP contribution is 2.55. The standard InChI is InChI=1S/C16H17NO2/c18-15-4-2-9-5-10(1-3-14(9)17-15)16(19)13-7-11-6-12(11)8-13/h1,3,5,11-13H,2,4,6-8H2,(H,17,18). The fourth-order valence-corrected chi connectivity index (χ4v) is 3.70. The zero-order chi connectivity index (χ0) is 13.0. The summed E-state index contributed by atoms with van der Waals surface area (Å²) in [6, 6.07) is 5.74. The average Bonchev–Trinajstić information content (AvgIpc) is 3.04. The monoisotopic (exact) mass is 255 g/mol. The lowest BCUT2D eigenvalue weighted by atomic mass is 9.91. The van der Waals surface area contributed by atoms with Gasteiger partial charge in [0, 0.05) is 23.6 Å². The second kappa shape index (κ2) is 3.92. The van der Waals surface area contributed by atoms with E-state index in [1.165, 1.54) is 6.42 Å². The van der Waals surface area contributed by atoms with Gasteiger partial charge in [-0.3, -0.25) is 9.59 Å². The van der Waals surface area contributed by atoms with Crippen LogP contribution in [0.3, 0.4) is 0 Å². The molecule has 0 bridgehead atoms. The van der Waals surface area contributed by atoms with Crippen LogP contribution in [0, 0.1) is 17.8 Å². The topological polar surface area (TPSA) is 46.2 Å². The van der Waals surface area contributed by atoms with Gasteiger partial charge in [0.25, 0.3) is 0 Å².